The van der Waals surface area contributed by atoms with Crippen LogP contribution < -0.4 is 5.32 Å². The van der Waals surface area contributed by atoms with Crippen LogP contribution in [0, 0.1) is 12.8 Å². The van der Waals surface area contributed by atoms with Crippen molar-refractivity contribution in [1.82, 2.24) is 9.62 Å². The molecule has 1 saturated heterocycles. The Morgan fingerprint density at radius 2 is 1.96 bits per heavy atom. The minimum atomic E-state index is -3.33. The quantitative estimate of drug-likeness (QED) is 0.663. The minimum Gasteiger partial charge on any atom is -0.469 e. The van der Waals surface area contributed by atoms with E-state index < -0.39 is 28.0 Å². The topological polar surface area (TPSA) is 92.8 Å². The van der Waals surface area contributed by atoms with Gasteiger partial charge in [-0.3, -0.25) is 9.59 Å². The Morgan fingerprint density at radius 3 is 2.57 bits per heavy atom. The summed E-state index contributed by atoms with van der Waals surface area (Å²) in [6.45, 7) is 4.43. The summed E-state index contributed by atoms with van der Waals surface area (Å²) in [4.78, 5) is 24.7. The molecule has 1 aromatic carbocycles. The molecule has 0 aliphatic carbocycles. The fourth-order valence-corrected chi connectivity index (χ4v) is 4.98. The van der Waals surface area contributed by atoms with Crippen molar-refractivity contribution in [3.05, 3.63) is 35.4 Å². The van der Waals surface area contributed by atoms with Crippen LogP contribution in [0.1, 0.15) is 49.8 Å². The van der Waals surface area contributed by atoms with Crippen LogP contribution >= 0.6 is 0 Å². The van der Waals surface area contributed by atoms with Crippen LogP contribution in [0.4, 0.5) is 0 Å². The molecule has 0 unspecified atom stereocenters. The zero-order chi connectivity index (χ0) is 20.7. The lowest BCUT2D eigenvalue weighted by Gasteiger charge is -2.32. The molecule has 1 heterocycles. The Bertz CT molecular complexity index is 776. The summed E-state index contributed by atoms with van der Waals surface area (Å²) in [6.07, 6.45) is 1.84. The van der Waals surface area contributed by atoms with Crippen molar-refractivity contribution in [3.63, 3.8) is 0 Å². The van der Waals surface area contributed by atoms with Crippen molar-refractivity contribution >= 4 is 21.9 Å². The first-order chi connectivity index (χ1) is 13.3. The van der Waals surface area contributed by atoms with Gasteiger partial charge in [-0.15, -0.1) is 0 Å². The Kier molecular flexibility index (Phi) is 8.00. The van der Waals surface area contributed by atoms with E-state index in [0.717, 1.165) is 11.1 Å². The Morgan fingerprint density at radius 1 is 1.29 bits per heavy atom. The van der Waals surface area contributed by atoms with E-state index in [1.54, 1.807) is 0 Å². The van der Waals surface area contributed by atoms with Gasteiger partial charge in [0.15, 0.2) is 0 Å². The highest BCUT2D eigenvalue weighted by atomic mass is 32.2. The molecule has 2 rings (SSSR count). The molecule has 156 valence electrons. The van der Waals surface area contributed by atoms with E-state index in [0.29, 0.717) is 25.8 Å². The lowest BCUT2D eigenvalue weighted by atomic mass is 9.96. The van der Waals surface area contributed by atoms with Gasteiger partial charge >= 0.3 is 5.97 Å². The highest BCUT2D eigenvalue weighted by molar-refractivity contribution is 7.89. The Balaban J connectivity index is 2.11. The standard InChI is InChI=1S/C20H30N2O5S/c1-4-12-28(25,26)22-11-5-6-17(14-22)20(24)21-18(13-19(23)27-3)16-9-7-15(2)8-10-16/h7-10,17-18H,4-6,11-14H2,1-3H3,(H,21,24)/t17-,18-/m0/s1. The molecule has 1 aliphatic rings. The largest absolute Gasteiger partial charge is 0.469 e. The second-order valence-corrected chi connectivity index (χ2v) is 9.35. The maximum absolute atomic E-state index is 12.9. The number of esters is 1. The maximum Gasteiger partial charge on any atom is 0.307 e. The molecule has 1 fully saturated rings. The average Bonchev–Trinajstić information content (AvgIpc) is 2.68. The number of piperidine rings is 1. The molecule has 8 heteroatoms. The lowest BCUT2D eigenvalue weighted by Crippen LogP contribution is -2.46. The summed E-state index contributed by atoms with van der Waals surface area (Å²) >= 11 is 0. The molecule has 28 heavy (non-hydrogen) atoms. The number of aryl methyl sites for hydroxylation is 1. The van der Waals surface area contributed by atoms with E-state index in [9.17, 15) is 18.0 Å². The van der Waals surface area contributed by atoms with E-state index in [2.05, 4.69) is 5.32 Å². The molecule has 0 bridgehead atoms. The van der Waals surface area contributed by atoms with Gasteiger partial charge in [0.2, 0.25) is 15.9 Å². The van der Waals surface area contributed by atoms with Crippen molar-refractivity contribution in [2.75, 3.05) is 26.0 Å². The van der Waals surface area contributed by atoms with Crippen LogP contribution in [0.2, 0.25) is 0 Å². The smallest absolute Gasteiger partial charge is 0.307 e. The van der Waals surface area contributed by atoms with E-state index in [-0.39, 0.29) is 24.6 Å². The van der Waals surface area contributed by atoms with Crippen LogP contribution in [0.15, 0.2) is 24.3 Å². The van der Waals surface area contributed by atoms with Gasteiger partial charge < -0.3 is 10.1 Å². The van der Waals surface area contributed by atoms with Gasteiger partial charge in [0.1, 0.15) is 0 Å². The number of nitrogens with one attached hydrogen (secondary N) is 1. The fourth-order valence-electron chi connectivity index (χ4n) is 3.39. The number of carbonyl (C=O) groups excluding carboxylic acids is 2. The Labute approximate surface area is 167 Å². The lowest BCUT2D eigenvalue weighted by molar-refractivity contribution is -0.141. The van der Waals surface area contributed by atoms with Crippen molar-refractivity contribution in [1.29, 1.82) is 0 Å². The maximum atomic E-state index is 12.9. The number of ether oxygens (including phenoxy) is 1. The molecule has 7 nitrogen and oxygen atoms in total. The van der Waals surface area contributed by atoms with Gasteiger partial charge in [0.05, 0.1) is 31.2 Å². The van der Waals surface area contributed by atoms with Gasteiger partial charge in [-0.2, -0.15) is 0 Å². The number of rotatable bonds is 8. The third kappa shape index (κ3) is 6.04. The second-order valence-electron chi connectivity index (χ2n) is 7.27. The number of methoxy groups -OCH3 is 1. The number of amides is 1. The average molecular weight is 411 g/mol. The van der Waals surface area contributed by atoms with Crippen LogP contribution in [0.5, 0.6) is 0 Å². The van der Waals surface area contributed by atoms with Gasteiger partial charge in [-0.25, -0.2) is 12.7 Å². The van der Waals surface area contributed by atoms with Gasteiger partial charge in [-0.05, 0) is 31.7 Å². The summed E-state index contributed by atoms with van der Waals surface area (Å²) in [7, 11) is -2.02. The number of hydrogen-bond acceptors (Lipinski definition) is 5. The molecule has 1 aliphatic heterocycles. The van der Waals surface area contributed by atoms with Gasteiger partial charge in [-0.1, -0.05) is 36.8 Å². The second kappa shape index (κ2) is 10.0. The number of sulfonamides is 1. The van der Waals surface area contributed by atoms with Crippen molar-refractivity contribution in [2.24, 2.45) is 5.92 Å². The predicted octanol–water partition coefficient (Wildman–Crippen LogP) is 2.17. The van der Waals surface area contributed by atoms with E-state index in [4.69, 9.17) is 4.74 Å². The molecule has 2 atom stereocenters. The summed E-state index contributed by atoms with van der Waals surface area (Å²) in [5, 5.41) is 2.93. The molecule has 0 radical (unpaired) electrons. The number of hydrogen-bond donors (Lipinski definition) is 1. The van der Waals surface area contributed by atoms with Crippen molar-refractivity contribution in [3.8, 4) is 0 Å². The molecule has 0 spiro atoms. The van der Waals surface area contributed by atoms with Gasteiger partial charge in [0, 0.05) is 13.1 Å². The molecular formula is C20H30N2O5S. The van der Waals surface area contributed by atoms with Crippen LogP contribution in [-0.2, 0) is 24.3 Å². The van der Waals surface area contributed by atoms with Gasteiger partial charge in [0.25, 0.3) is 0 Å². The van der Waals surface area contributed by atoms with Crippen LogP contribution in [-0.4, -0.2) is 50.6 Å². The fraction of sp³-hybridized carbons (Fsp3) is 0.600. The number of benzene rings is 1. The highest BCUT2D eigenvalue weighted by Gasteiger charge is 2.33. The minimum absolute atomic E-state index is 0.0237. The SMILES string of the molecule is CCCS(=O)(=O)N1CCC[C@H](C(=O)N[C@@H](CC(=O)OC)c2ccc(C)cc2)C1. The van der Waals surface area contributed by atoms with E-state index >= 15 is 0 Å². The van der Waals surface area contributed by atoms with E-state index in [1.807, 2.05) is 38.1 Å². The zero-order valence-corrected chi connectivity index (χ0v) is 17.6. The monoisotopic (exact) mass is 410 g/mol. The molecular weight excluding hydrogens is 380 g/mol. The third-order valence-corrected chi connectivity index (χ3v) is 7.05. The molecule has 0 aromatic heterocycles. The van der Waals surface area contributed by atoms with Crippen LogP contribution in [0.25, 0.3) is 0 Å². The van der Waals surface area contributed by atoms with Crippen molar-refractivity contribution in [2.45, 2.75) is 45.6 Å². The predicted molar refractivity (Wildman–Crippen MR) is 107 cm³/mol. The third-order valence-electron chi connectivity index (χ3n) is 5.01. The molecule has 0 saturated carbocycles. The highest BCUT2D eigenvalue weighted by Crippen LogP contribution is 2.23. The summed E-state index contributed by atoms with van der Waals surface area (Å²) in [5.74, 6) is -0.978. The van der Waals surface area contributed by atoms with Crippen LogP contribution in [0.3, 0.4) is 0 Å². The Hall–Kier alpha value is -1.93. The zero-order valence-electron chi connectivity index (χ0n) is 16.8. The first-order valence-electron chi connectivity index (χ1n) is 9.68. The summed E-state index contributed by atoms with van der Waals surface area (Å²) < 4.78 is 30.9. The normalized spacial score (nSPS) is 19.0. The van der Waals surface area contributed by atoms with E-state index in [1.165, 1.54) is 11.4 Å². The summed E-state index contributed by atoms with van der Waals surface area (Å²) in [6, 6.07) is 7.09. The first-order valence-corrected chi connectivity index (χ1v) is 11.3. The summed E-state index contributed by atoms with van der Waals surface area (Å²) in [5.41, 5.74) is 1.89. The first kappa shape index (κ1) is 22.4. The molecule has 1 aromatic rings. The van der Waals surface area contributed by atoms with Crippen molar-refractivity contribution < 1.29 is 22.7 Å². The number of carbonyl (C=O) groups is 2. The molecule has 1 amide bonds. The molecule has 1 N–H and O–H groups in total. The number of nitrogens with zero attached hydrogens (tertiary/aromatic N) is 1.